The van der Waals surface area contributed by atoms with Crippen molar-refractivity contribution in [2.24, 2.45) is 0 Å². The van der Waals surface area contributed by atoms with E-state index >= 15 is 0 Å². The molecule has 0 radical (unpaired) electrons. The SMILES string of the molecule is COc1ccc(COC2CN(C=O)CCC2c2ccc(F)cc2)cc1. The lowest BCUT2D eigenvalue weighted by molar-refractivity contribution is -0.123. The lowest BCUT2D eigenvalue weighted by Crippen LogP contribution is -2.43. The highest BCUT2D eigenvalue weighted by Gasteiger charge is 2.30. The molecule has 3 rings (SSSR count). The van der Waals surface area contributed by atoms with E-state index < -0.39 is 0 Å². The van der Waals surface area contributed by atoms with Crippen molar-refractivity contribution in [1.82, 2.24) is 4.90 Å². The van der Waals surface area contributed by atoms with Gasteiger partial charge in [-0.1, -0.05) is 24.3 Å². The lowest BCUT2D eigenvalue weighted by Gasteiger charge is -2.37. The number of hydrogen-bond acceptors (Lipinski definition) is 3. The Morgan fingerprint density at radius 2 is 1.88 bits per heavy atom. The van der Waals surface area contributed by atoms with Crippen LogP contribution in [0, 0.1) is 5.82 Å². The average molecular weight is 343 g/mol. The molecule has 0 N–H and O–H groups in total. The number of carbonyl (C=O) groups excluding carboxylic acids is 1. The van der Waals surface area contributed by atoms with Crippen molar-refractivity contribution in [3.8, 4) is 5.75 Å². The van der Waals surface area contributed by atoms with Gasteiger partial charge in [0.2, 0.25) is 6.41 Å². The van der Waals surface area contributed by atoms with E-state index in [1.165, 1.54) is 12.1 Å². The predicted molar refractivity (Wildman–Crippen MR) is 93.0 cm³/mol. The first-order valence-corrected chi connectivity index (χ1v) is 8.39. The number of piperidine rings is 1. The van der Waals surface area contributed by atoms with Gasteiger partial charge in [-0.05, 0) is 41.8 Å². The normalized spacial score (nSPS) is 20.3. The van der Waals surface area contributed by atoms with E-state index in [1.54, 1.807) is 24.1 Å². The predicted octanol–water partition coefficient (Wildman–Crippen LogP) is 3.37. The van der Waals surface area contributed by atoms with Gasteiger partial charge in [-0.3, -0.25) is 4.79 Å². The van der Waals surface area contributed by atoms with Crippen LogP contribution < -0.4 is 4.74 Å². The molecule has 4 nitrogen and oxygen atoms in total. The van der Waals surface area contributed by atoms with Gasteiger partial charge in [-0.2, -0.15) is 0 Å². The van der Waals surface area contributed by atoms with Crippen LogP contribution in [0.4, 0.5) is 4.39 Å². The average Bonchev–Trinajstić information content (AvgIpc) is 2.67. The lowest BCUT2D eigenvalue weighted by atomic mass is 9.87. The largest absolute Gasteiger partial charge is 0.497 e. The summed E-state index contributed by atoms with van der Waals surface area (Å²) < 4.78 is 24.5. The van der Waals surface area contributed by atoms with Gasteiger partial charge in [0, 0.05) is 19.0 Å². The van der Waals surface area contributed by atoms with Gasteiger partial charge in [0.05, 0.1) is 19.8 Å². The van der Waals surface area contributed by atoms with Crippen LogP contribution in [0.3, 0.4) is 0 Å². The molecule has 2 unspecified atom stereocenters. The second-order valence-corrected chi connectivity index (χ2v) is 6.24. The minimum absolute atomic E-state index is 0.119. The maximum absolute atomic E-state index is 13.2. The molecule has 1 saturated heterocycles. The number of carbonyl (C=O) groups is 1. The van der Waals surface area contributed by atoms with E-state index in [4.69, 9.17) is 9.47 Å². The molecule has 0 spiro atoms. The van der Waals surface area contributed by atoms with Gasteiger partial charge in [-0.25, -0.2) is 4.39 Å². The highest BCUT2D eigenvalue weighted by molar-refractivity contribution is 5.47. The summed E-state index contributed by atoms with van der Waals surface area (Å²) in [5.74, 6) is 0.706. The molecule has 1 heterocycles. The highest BCUT2D eigenvalue weighted by Crippen LogP contribution is 2.31. The number of hydrogen-bond donors (Lipinski definition) is 0. The molecular weight excluding hydrogens is 321 g/mol. The first kappa shape index (κ1) is 17.4. The van der Waals surface area contributed by atoms with Crippen LogP contribution in [0.2, 0.25) is 0 Å². The summed E-state index contributed by atoms with van der Waals surface area (Å²) in [6.07, 6.45) is 1.55. The Balaban J connectivity index is 1.70. The minimum atomic E-state index is -0.246. The Labute approximate surface area is 147 Å². The smallest absolute Gasteiger partial charge is 0.209 e. The Bertz CT molecular complexity index is 687. The van der Waals surface area contributed by atoms with Crippen molar-refractivity contribution in [2.75, 3.05) is 20.2 Å². The van der Waals surface area contributed by atoms with Crippen LogP contribution in [0.5, 0.6) is 5.75 Å². The van der Waals surface area contributed by atoms with Crippen LogP contribution in [-0.2, 0) is 16.1 Å². The van der Waals surface area contributed by atoms with E-state index in [2.05, 4.69) is 0 Å². The standard InChI is InChI=1S/C20H22FNO3/c1-24-18-8-2-15(3-9-18)13-25-20-12-22(14-23)11-10-19(20)16-4-6-17(21)7-5-16/h2-9,14,19-20H,10-13H2,1H3. The van der Waals surface area contributed by atoms with Crippen LogP contribution in [-0.4, -0.2) is 37.6 Å². The van der Waals surface area contributed by atoms with Crippen molar-refractivity contribution in [3.05, 3.63) is 65.5 Å². The molecule has 1 aliphatic rings. The first-order valence-electron chi connectivity index (χ1n) is 8.39. The van der Waals surface area contributed by atoms with E-state index in [0.29, 0.717) is 19.7 Å². The van der Waals surface area contributed by atoms with Crippen LogP contribution >= 0.6 is 0 Å². The van der Waals surface area contributed by atoms with Gasteiger partial charge >= 0.3 is 0 Å². The summed E-state index contributed by atoms with van der Waals surface area (Å²) in [6.45, 7) is 1.69. The van der Waals surface area contributed by atoms with Gasteiger partial charge in [0.25, 0.3) is 0 Å². The van der Waals surface area contributed by atoms with E-state index in [1.807, 2.05) is 24.3 Å². The molecule has 2 atom stereocenters. The van der Waals surface area contributed by atoms with Gasteiger partial charge in [-0.15, -0.1) is 0 Å². The van der Waals surface area contributed by atoms with Gasteiger partial charge < -0.3 is 14.4 Å². The van der Waals surface area contributed by atoms with Crippen molar-refractivity contribution >= 4 is 6.41 Å². The topological polar surface area (TPSA) is 38.8 Å². The number of ether oxygens (including phenoxy) is 2. The molecule has 0 saturated carbocycles. The molecule has 0 aliphatic carbocycles. The fourth-order valence-electron chi connectivity index (χ4n) is 3.22. The first-order chi connectivity index (χ1) is 12.2. The fourth-order valence-corrected chi connectivity index (χ4v) is 3.22. The summed E-state index contributed by atoms with van der Waals surface area (Å²) in [4.78, 5) is 12.9. The molecule has 1 aliphatic heterocycles. The monoisotopic (exact) mass is 343 g/mol. The highest BCUT2D eigenvalue weighted by atomic mass is 19.1. The van der Waals surface area contributed by atoms with E-state index in [-0.39, 0.29) is 17.8 Å². The molecule has 1 amide bonds. The molecule has 25 heavy (non-hydrogen) atoms. The van der Waals surface area contributed by atoms with Crippen LogP contribution in [0.15, 0.2) is 48.5 Å². The number of nitrogens with zero attached hydrogens (tertiary/aromatic N) is 1. The number of benzene rings is 2. The summed E-state index contributed by atoms with van der Waals surface area (Å²) in [5, 5.41) is 0. The Morgan fingerprint density at radius 3 is 2.52 bits per heavy atom. The molecule has 2 aromatic rings. The van der Waals surface area contributed by atoms with Crippen molar-refractivity contribution in [2.45, 2.75) is 25.0 Å². The number of likely N-dealkylation sites (tertiary alicyclic amines) is 1. The van der Waals surface area contributed by atoms with E-state index in [9.17, 15) is 9.18 Å². The molecule has 0 aromatic heterocycles. The molecule has 0 bridgehead atoms. The van der Waals surface area contributed by atoms with Gasteiger partial charge in [0.1, 0.15) is 11.6 Å². The summed E-state index contributed by atoms with van der Waals surface area (Å²) in [7, 11) is 1.63. The molecule has 5 heteroatoms. The summed E-state index contributed by atoms with van der Waals surface area (Å²) in [5.41, 5.74) is 2.09. The zero-order valence-electron chi connectivity index (χ0n) is 14.2. The number of amides is 1. The molecule has 132 valence electrons. The number of halogens is 1. The van der Waals surface area contributed by atoms with Crippen molar-refractivity contribution < 1.29 is 18.7 Å². The molecule has 2 aromatic carbocycles. The second kappa shape index (κ2) is 8.12. The maximum Gasteiger partial charge on any atom is 0.209 e. The second-order valence-electron chi connectivity index (χ2n) is 6.24. The van der Waals surface area contributed by atoms with Crippen molar-refractivity contribution in [1.29, 1.82) is 0 Å². The van der Waals surface area contributed by atoms with Gasteiger partial charge in [0.15, 0.2) is 0 Å². The molecule has 1 fully saturated rings. The number of rotatable bonds is 6. The van der Waals surface area contributed by atoms with E-state index in [0.717, 1.165) is 29.7 Å². The third-order valence-electron chi connectivity index (χ3n) is 4.66. The van der Waals surface area contributed by atoms with Crippen LogP contribution in [0.25, 0.3) is 0 Å². The summed E-state index contributed by atoms with van der Waals surface area (Å²) >= 11 is 0. The number of methoxy groups -OCH3 is 1. The quantitative estimate of drug-likeness (QED) is 0.755. The summed E-state index contributed by atoms with van der Waals surface area (Å²) in [6, 6.07) is 14.3. The third-order valence-corrected chi connectivity index (χ3v) is 4.66. The van der Waals surface area contributed by atoms with Crippen molar-refractivity contribution in [3.63, 3.8) is 0 Å². The fraction of sp³-hybridized carbons (Fsp3) is 0.350. The Hall–Kier alpha value is -2.40. The zero-order valence-corrected chi connectivity index (χ0v) is 14.2. The zero-order chi connectivity index (χ0) is 17.6. The third kappa shape index (κ3) is 4.37. The minimum Gasteiger partial charge on any atom is -0.497 e. The maximum atomic E-state index is 13.2. The Morgan fingerprint density at radius 1 is 1.16 bits per heavy atom. The Kier molecular flexibility index (Phi) is 5.66. The molecular formula is C20H22FNO3. The van der Waals surface area contributed by atoms with Crippen LogP contribution in [0.1, 0.15) is 23.5 Å².